The Labute approximate surface area is 155 Å². The van der Waals surface area contributed by atoms with Crippen LogP contribution in [0.25, 0.3) is 10.9 Å². The lowest BCUT2D eigenvalue weighted by Crippen LogP contribution is -2.24. The predicted molar refractivity (Wildman–Crippen MR) is 98.1 cm³/mol. The lowest BCUT2D eigenvalue weighted by Gasteiger charge is -2.11. The van der Waals surface area contributed by atoms with Gasteiger partial charge in [-0.2, -0.15) is 0 Å². The Kier molecular flexibility index (Phi) is 5.45. The molecule has 0 unspecified atom stereocenters. The average molecular weight is 367 g/mol. The third-order valence-electron chi connectivity index (χ3n) is 4.25. The van der Waals surface area contributed by atoms with E-state index in [4.69, 9.17) is 4.74 Å². The van der Waals surface area contributed by atoms with Crippen molar-refractivity contribution >= 4 is 28.4 Å². The molecule has 0 spiro atoms. The van der Waals surface area contributed by atoms with Gasteiger partial charge in [0.15, 0.2) is 11.9 Å². The van der Waals surface area contributed by atoms with Crippen LogP contribution in [-0.2, 0) is 9.53 Å². The molecule has 3 rings (SSSR count). The summed E-state index contributed by atoms with van der Waals surface area (Å²) < 4.78 is 18.1. The number of H-pyrrole nitrogens is 1. The summed E-state index contributed by atoms with van der Waals surface area (Å²) in [7, 11) is 0. The summed E-state index contributed by atoms with van der Waals surface area (Å²) in [6.45, 7) is 1.50. The van der Waals surface area contributed by atoms with Gasteiger partial charge in [-0.3, -0.25) is 14.4 Å². The molecule has 0 fully saturated rings. The fourth-order valence-corrected chi connectivity index (χ4v) is 2.80. The Morgan fingerprint density at radius 2 is 1.74 bits per heavy atom. The number of carbonyl (C=O) groups is 3. The molecule has 0 aliphatic carbocycles. The van der Waals surface area contributed by atoms with Crippen molar-refractivity contribution in [3.05, 3.63) is 71.7 Å². The van der Waals surface area contributed by atoms with Gasteiger partial charge in [-0.05, 0) is 37.3 Å². The Hall–Kier alpha value is -3.28. The van der Waals surface area contributed by atoms with Crippen LogP contribution in [0.4, 0.5) is 4.39 Å². The predicted octanol–water partition coefficient (Wildman–Crippen LogP) is 4.08. The molecule has 1 atom stereocenters. The van der Waals surface area contributed by atoms with Crippen molar-refractivity contribution in [2.75, 3.05) is 0 Å². The summed E-state index contributed by atoms with van der Waals surface area (Å²) >= 11 is 0. The SMILES string of the molecule is C[C@@H](OC(=O)CCC(=O)c1ccc(F)cc1)C(=O)c1c[nH]c2ccccc12. The van der Waals surface area contributed by atoms with Crippen LogP contribution in [0.3, 0.4) is 0 Å². The third-order valence-corrected chi connectivity index (χ3v) is 4.25. The molecule has 0 saturated carbocycles. The fraction of sp³-hybridized carbons (Fsp3) is 0.190. The molecule has 0 aliphatic rings. The molecule has 3 aromatic rings. The van der Waals surface area contributed by atoms with Crippen molar-refractivity contribution in [1.29, 1.82) is 0 Å². The number of nitrogens with one attached hydrogen (secondary N) is 1. The lowest BCUT2D eigenvalue weighted by atomic mass is 10.1. The maximum absolute atomic E-state index is 12.9. The van der Waals surface area contributed by atoms with Crippen LogP contribution in [0.1, 0.15) is 40.5 Å². The minimum absolute atomic E-state index is 0.0710. The number of ether oxygens (including phenoxy) is 1. The highest BCUT2D eigenvalue weighted by Gasteiger charge is 2.22. The van der Waals surface area contributed by atoms with Crippen molar-refractivity contribution in [1.82, 2.24) is 4.98 Å². The quantitative estimate of drug-likeness (QED) is 0.504. The van der Waals surface area contributed by atoms with E-state index in [9.17, 15) is 18.8 Å². The fourth-order valence-electron chi connectivity index (χ4n) is 2.80. The number of ketones is 2. The minimum atomic E-state index is -0.961. The zero-order valence-corrected chi connectivity index (χ0v) is 14.7. The van der Waals surface area contributed by atoms with E-state index in [1.165, 1.54) is 31.2 Å². The number of esters is 1. The smallest absolute Gasteiger partial charge is 0.306 e. The molecule has 0 aliphatic heterocycles. The molecular weight excluding hydrogens is 349 g/mol. The second-order valence-corrected chi connectivity index (χ2v) is 6.17. The molecule has 1 aromatic heterocycles. The Morgan fingerprint density at radius 3 is 2.48 bits per heavy atom. The summed E-state index contributed by atoms with van der Waals surface area (Å²) in [6, 6.07) is 12.5. The Bertz CT molecular complexity index is 991. The number of halogens is 1. The largest absolute Gasteiger partial charge is 0.454 e. The number of carbonyl (C=O) groups excluding carboxylic acids is 3. The molecule has 2 aromatic carbocycles. The van der Waals surface area contributed by atoms with Crippen LogP contribution in [0.2, 0.25) is 0 Å². The first-order valence-electron chi connectivity index (χ1n) is 8.54. The normalized spacial score (nSPS) is 11.9. The van der Waals surface area contributed by atoms with Crippen molar-refractivity contribution in [3.63, 3.8) is 0 Å². The molecule has 138 valence electrons. The number of Topliss-reactive ketones (excluding diaryl/α,β-unsaturated/α-hetero) is 2. The number of aromatic nitrogens is 1. The van der Waals surface area contributed by atoms with E-state index in [0.717, 1.165) is 10.9 Å². The second kappa shape index (κ2) is 7.95. The van der Waals surface area contributed by atoms with Crippen LogP contribution in [0.5, 0.6) is 0 Å². The summed E-state index contributed by atoms with van der Waals surface area (Å²) in [5.74, 6) is -1.67. The molecule has 0 radical (unpaired) electrons. The van der Waals surface area contributed by atoms with Crippen LogP contribution in [0, 0.1) is 5.82 Å². The molecule has 27 heavy (non-hydrogen) atoms. The Balaban J connectivity index is 1.56. The molecule has 0 bridgehead atoms. The van der Waals surface area contributed by atoms with E-state index in [0.29, 0.717) is 11.1 Å². The number of benzene rings is 2. The highest BCUT2D eigenvalue weighted by Crippen LogP contribution is 2.20. The summed E-state index contributed by atoms with van der Waals surface area (Å²) in [4.78, 5) is 39.6. The first-order valence-corrected chi connectivity index (χ1v) is 8.54. The van der Waals surface area contributed by atoms with Gasteiger partial charge in [0.25, 0.3) is 0 Å². The molecule has 0 saturated heterocycles. The highest BCUT2D eigenvalue weighted by atomic mass is 19.1. The lowest BCUT2D eigenvalue weighted by molar-refractivity contribution is -0.146. The van der Waals surface area contributed by atoms with Crippen molar-refractivity contribution in [2.24, 2.45) is 0 Å². The maximum atomic E-state index is 12.9. The third kappa shape index (κ3) is 4.28. The minimum Gasteiger partial charge on any atom is -0.454 e. The van der Waals surface area contributed by atoms with Crippen LogP contribution in [-0.4, -0.2) is 28.6 Å². The average Bonchev–Trinajstić information content (AvgIpc) is 3.10. The van der Waals surface area contributed by atoms with Crippen LogP contribution >= 0.6 is 0 Å². The van der Waals surface area contributed by atoms with Gasteiger partial charge in [-0.1, -0.05) is 18.2 Å². The van der Waals surface area contributed by atoms with E-state index in [2.05, 4.69) is 4.98 Å². The topological polar surface area (TPSA) is 76.2 Å². The zero-order chi connectivity index (χ0) is 19.4. The first-order chi connectivity index (χ1) is 13.0. The summed E-state index contributed by atoms with van der Waals surface area (Å²) in [6.07, 6.45) is 0.410. The maximum Gasteiger partial charge on any atom is 0.306 e. The molecule has 6 heteroatoms. The van der Waals surface area contributed by atoms with Gasteiger partial charge in [0, 0.05) is 34.6 Å². The van der Waals surface area contributed by atoms with Gasteiger partial charge in [-0.15, -0.1) is 0 Å². The molecular formula is C21H18FNO4. The summed E-state index contributed by atoms with van der Waals surface area (Å²) in [5.41, 5.74) is 1.60. The van der Waals surface area contributed by atoms with E-state index in [1.54, 1.807) is 6.20 Å². The molecule has 5 nitrogen and oxygen atoms in total. The molecule has 0 amide bonds. The first kappa shape index (κ1) is 18.5. The van der Waals surface area contributed by atoms with Gasteiger partial charge < -0.3 is 9.72 Å². The van der Waals surface area contributed by atoms with E-state index in [-0.39, 0.29) is 24.4 Å². The molecule has 1 N–H and O–H groups in total. The van der Waals surface area contributed by atoms with Crippen LogP contribution in [0.15, 0.2) is 54.7 Å². The van der Waals surface area contributed by atoms with Crippen molar-refractivity contribution in [3.8, 4) is 0 Å². The number of fused-ring (bicyclic) bond motifs is 1. The second-order valence-electron chi connectivity index (χ2n) is 6.17. The van der Waals surface area contributed by atoms with Crippen LogP contribution < -0.4 is 0 Å². The number of hydrogen-bond donors (Lipinski definition) is 1. The van der Waals surface area contributed by atoms with E-state index < -0.39 is 17.9 Å². The highest BCUT2D eigenvalue weighted by molar-refractivity contribution is 6.10. The number of aromatic amines is 1. The van der Waals surface area contributed by atoms with Gasteiger partial charge in [0.05, 0.1) is 6.42 Å². The molecule has 1 heterocycles. The number of rotatable bonds is 7. The van der Waals surface area contributed by atoms with Gasteiger partial charge in [0.2, 0.25) is 5.78 Å². The standard InChI is InChI=1S/C21H18FNO4/c1-13(21(26)17-12-23-18-5-3-2-4-16(17)18)27-20(25)11-10-19(24)14-6-8-15(22)9-7-14/h2-9,12-13,23H,10-11H2,1H3/t13-/m1/s1. The van der Waals surface area contributed by atoms with E-state index in [1.807, 2.05) is 24.3 Å². The Morgan fingerprint density at radius 1 is 1.04 bits per heavy atom. The monoisotopic (exact) mass is 367 g/mol. The summed E-state index contributed by atoms with van der Waals surface area (Å²) in [5, 5.41) is 0.761. The van der Waals surface area contributed by atoms with Crippen molar-refractivity contribution in [2.45, 2.75) is 25.9 Å². The van der Waals surface area contributed by atoms with E-state index >= 15 is 0 Å². The number of para-hydroxylation sites is 1. The van der Waals surface area contributed by atoms with Gasteiger partial charge in [0.1, 0.15) is 5.82 Å². The van der Waals surface area contributed by atoms with Gasteiger partial charge in [-0.25, -0.2) is 4.39 Å². The number of hydrogen-bond acceptors (Lipinski definition) is 4. The zero-order valence-electron chi connectivity index (χ0n) is 14.7. The van der Waals surface area contributed by atoms with Gasteiger partial charge >= 0.3 is 5.97 Å². The van der Waals surface area contributed by atoms with Crippen molar-refractivity contribution < 1.29 is 23.5 Å².